The molecule has 0 radical (unpaired) electrons. The molecule has 1 N–H and O–H groups in total. The number of amides is 1. The molecular formula is C30H34N6O2. The van der Waals surface area contributed by atoms with Crippen LogP contribution in [0.2, 0.25) is 0 Å². The second-order valence-electron chi connectivity index (χ2n) is 9.46. The normalized spacial score (nSPS) is 14.0. The van der Waals surface area contributed by atoms with Gasteiger partial charge < -0.3 is 15.0 Å². The van der Waals surface area contributed by atoms with Crippen LogP contribution in [0.1, 0.15) is 36.3 Å². The Hall–Kier alpha value is -4.04. The van der Waals surface area contributed by atoms with Gasteiger partial charge in [0.25, 0.3) is 5.91 Å². The third kappa shape index (κ3) is 5.75. The zero-order valence-electron chi connectivity index (χ0n) is 22.1. The monoisotopic (exact) mass is 510 g/mol. The Labute approximate surface area is 223 Å². The van der Waals surface area contributed by atoms with E-state index in [-0.39, 0.29) is 5.91 Å². The molecule has 8 nitrogen and oxygen atoms in total. The Morgan fingerprint density at radius 2 is 1.76 bits per heavy atom. The molecule has 0 bridgehead atoms. The SMILES string of the molecule is CCCNC(=O)c1ccc(N2CCN(Cc3ccc(-c4cncc(OCC)c4)c4ccccc34)CC2)nn1. The van der Waals surface area contributed by atoms with Gasteiger partial charge in [0.05, 0.1) is 12.8 Å². The third-order valence-corrected chi connectivity index (χ3v) is 6.86. The number of pyridine rings is 1. The topological polar surface area (TPSA) is 83.5 Å². The molecule has 2 aromatic heterocycles. The van der Waals surface area contributed by atoms with E-state index in [1.54, 1.807) is 12.3 Å². The smallest absolute Gasteiger partial charge is 0.271 e. The van der Waals surface area contributed by atoms with Crippen LogP contribution in [-0.4, -0.2) is 65.3 Å². The summed E-state index contributed by atoms with van der Waals surface area (Å²) in [5, 5.41) is 13.8. The summed E-state index contributed by atoms with van der Waals surface area (Å²) in [5.74, 6) is 1.43. The molecule has 38 heavy (non-hydrogen) atoms. The van der Waals surface area contributed by atoms with Gasteiger partial charge in [0.2, 0.25) is 0 Å². The lowest BCUT2D eigenvalue weighted by molar-refractivity contribution is 0.0947. The zero-order chi connectivity index (χ0) is 26.3. The van der Waals surface area contributed by atoms with Crippen LogP contribution in [0, 0.1) is 0 Å². The van der Waals surface area contributed by atoms with E-state index in [2.05, 4.69) is 72.8 Å². The van der Waals surface area contributed by atoms with Gasteiger partial charge in [-0.2, -0.15) is 0 Å². The van der Waals surface area contributed by atoms with Gasteiger partial charge in [0, 0.05) is 51.0 Å². The highest BCUT2D eigenvalue weighted by Crippen LogP contribution is 2.32. The number of fused-ring (bicyclic) bond motifs is 1. The van der Waals surface area contributed by atoms with Crippen molar-refractivity contribution in [2.24, 2.45) is 0 Å². The largest absolute Gasteiger partial charge is 0.492 e. The highest BCUT2D eigenvalue weighted by atomic mass is 16.5. The van der Waals surface area contributed by atoms with E-state index in [0.29, 0.717) is 18.8 Å². The van der Waals surface area contributed by atoms with Gasteiger partial charge >= 0.3 is 0 Å². The molecule has 1 amide bonds. The van der Waals surface area contributed by atoms with Crippen LogP contribution in [0.25, 0.3) is 21.9 Å². The van der Waals surface area contributed by atoms with E-state index < -0.39 is 0 Å². The number of hydrogen-bond acceptors (Lipinski definition) is 7. The molecule has 0 atom stereocenters. The van der Waals surface area contributed by atoms with Crippen LogP contribution in [-0.2, 0) is 6.54 Å². The highest BCUT2D eigenvalue weighted by molar-refractivity contribution is 5.98. The predicted octanol–water partition coefficient (Wildman–Crippen LogP) is 4.55. The number of nitrogens with zero attached hydrogens (tertiary/aromatic N) is 5. The Morgan fingerprint density at radius 1 is 0.947 bits per heavy atom. The molecule has 0 spiro atoms. The maximum Gasteiger partial charge on any atom is 0.271 e. The minimum atomic E-state index is -0.174. The van der Waals surface area contributed by atoms with Gasteiger partial charge in [0.15, 0.2) is 11.5 Å². The lowest BCUT2D eigenvalue weighted by Gasteiger charge is -2.35. The van der Waals surface area contributed by atoms with Crippen molar-refractivity contribution in [2.45, 2.75) is 26.8 Å². The van der Waals surface area contributed by atoms with Crippen molar-refractivity contribution in [1.29, 1.82) is 0 Å². The summed E-state index contributed by atoms with van der Waals surface area (Å²) < 4.78 is 5.68. The summed E-state index contributed by atoms with van der Waals surface area (Å²) in [5.41, 5.74) is 3.89. The van der Waals surface area contributed by atoms with Crippen LogP contribution in [0.5, 0.6) is 5.75 Å². The summed E-state index contributed by atoms with van der Waals surface area (Å²) in [6, 6.07) is 18.7. The van der Waals surface area contributed by atoms with Crippen LogP contribution in [0.3, 0.4) is 0 Å². The molecule has 0 saturated carbocycles. The van der Waals surface area contributed by atoms with E-state index in [1.165, 1.54) is 16.3 Å². The third-order valence-electron chi connectivity index (χ3n) is 6.86. The lowest BCUT2D eigenvalue weighted by Crippen LogP contribution is -2.46. The first-order valence-corrected chi connectivity index (χ1v) is 13.3. The number of ether oxygens (including phenoxy) is 1. The number of aromatic nitrogens is 3. The highest BCUT2D eigenvalue weighted by Gasteiger charge is 2.20. The van der Waals surface area contributed by atoms with Crippen LogP contribution < -0.4 is 15.0 Å². The molecule has 0 aliphatic carbocycles. The minimum Gasteiger partial charge on any atom is -0.492 e. The standard InChI is InChI=1S/C30H34N6O2/c1-3-13-32-30(37)28-11-12-29(34-33-28)36-16-14-35(15-17-36)21-22-9-10-26(27-8-6-5-7-25(22)27)23-18-24(38-4-2)20-31-19-23/h5-12,18-20H,3-4,13-17,21H2,1-2H3,(H,32,37). The predicted molar refractivity (Wildman–Crippen MR) is 150 cm³/mol. The molecule has 3 heterocycles. The van der Waals surface area contributed by atoms with Crippen LogP contribution >= 0.6 is 0 Å². The lowest BCUT2D eigenvalue weighted by atomic mass is 9.95. The van der Waals surface area contributed by atoms with Gasteiger partial charge in [-0.25, -0.2) is 0 Å². The van der Waals surface area contributed by atoms with Gasteiger partial charge in [0.1, 0.15) is 5.75 Å². The number of carbonyl (C=O) groups is 1. The molecule has 1 aliphatic rings. The second kappa shape index (κ2) is 12.0. The number of piperazine rings is 1. The number of anilines is 1. The average molecular weight is 511 g/mol. The zero-order valence-corrected chi connectivity index (χ0v) is 22.1. The van der Waals surface area contributed by atoms with Crippen molar-refractivity contribution in [3.8, 4) is 16.9 Å². The van der Waals surface area contributed by atoms with Crippen molar-refractivity contribution in [2.75, 3.05) is 44.2 Å². The molecule has 4 aromatic rings. The summed E-state index contributed by atoms with van der Waals surface area (Å²) in [6.07, 6.45) is 4.55. The number of carbonyl (C=O) groups excluding carboxylic acids is 1. The van der Waals surface area contributed by atoms with E-state index in [4.69, 9.17) is 4.74 Å². The van der Waals surface area contributed by atoms with Gasteiger partial charge in [-0.1, -0.05) is 43.3 Å². The van der Waals surface area contributed by atoms with Crippen molar-refractivity contribution < 1.29 is 9.53 Å². The van der Waals surface area contributed by atoms with Crippen molar-refractivity contribution >= 4 is 22.5 Å². The van der Waals surface area contributed by atoms with Crippen LogP contribution in [0.4, 0.5) is 5.82 Å². The van der Waals surface area contributed by atoms with Crippen molar-refractivity contribution in [3.63, 3.8) is 0 Å². The molecule has 1 saturated heterocycles. The Morgan fingerprint density at radius 3 is 2.50 bits per heavy atom. The first-order valence-electron chi connectivity index (χ1n) is 13.3. The number of rotatable bonds is 9. The summed E-state index contributed by atoms with van der Waals surface area (Å²) in [6.45, 7) is 9.72. The molecular weight excluding hydrogens is 476 g/mol. The average Bonchev–Trinajstić information content (AvgIpc) is 2.97. The summed E-state index contributed by atoms with van der Waals surface area (Å²) in [7, 11) is 0. The van der Waals surface area contributed by atoms with Crippen molar-refractivity contribution in [3.05, 3.63) is 78.2 Å². The number of hydrogen-bond donors (Lipinski definition) is 1. The molecule has 0 unspecified atom stereocenters. The molecule has 1 aliphatic heterocycles. The number of benzene rings is 2. The molecule has 2 aromatic carbocycles. The van der Waals surface area contributed by atoms with E-state index in [0.717, 1.165) is 61.8 Å². The summed E-state index contributed by atoms with van der Waals surface area (Å²) >= 11 is 0. The Balaban J connectivity index is 1.26. The van der Waals surface area contributed by atoms with E-state index >= 15 is 0 Å². The number of nitrogens with one attached hydrogen (secondary N) is 1. The Bertz CT molecular complexity index is 1380. The van der Waals surface area contributed by atoms with Gasteiger partial charge in [-0.05, 0) is 53.4 Å². The van der Waals surface area contributed by atoms with E-state index in [1.807, 2.05) is 26.1 Å². The molecule has 8 heteroatoms. The fourth-order valence-corrected chi connectivity index (χ4v) is 4.88. The van der Waals surface area contributed by atoms with Crippen LogP contribution in [0.15, 0.2) is 67.0 Å². The second-order valence-corrected chi connectivity index (χ2v) is 9.46. The quantitative estimate of drug-likeness (QED) is 0.354. The fraction of sp³-hybridized carbons (Fsp3) is 0.333. The first kappa shape index (κ1) is 25.6. The minimum absolute atomic E-state index is 0.174. The van der Waals surface area contributed by atoms with Gasteiger partial charge in [-0.3, -0.25) is 14.7 Å². The van der Waals surface area contributed by atoms with Crippen molar-refractivity contribution in [1.82, 2.24) is 25.4 Å². The van der Waals surface area contributed by atoms with E-state index in [9.17, 15) is 4.79 Å². The molecule has 5 rings (SSSR count). The first-order chi connectivity index (χ1) is 18.7. The fourth-order valence-electron chi connectivity index (χ4n) is 4.88. The maximum atomic E-state index is 12.1. The maximum absolute atomic E-state index is 12.1. The molecule has 196 valence electrons. The summed E-state index contributed by atoms with van der Waals surface area (Å²) in [4.78, 5) is 21.2. The van der Waals surface area contributed by atoms with Gasteiger partial charge in [-0.15, -0.1) is 10.2 Å². The molecule has 1 fully saturated rings. The Kier molecular flexibility index (Phi) is 8.09.